The Morgan fingerprint density at radius 1 is 1.38 bits per heavy atom. The molecule has 1 rings (SSSR count). The van der Waals surface area contributed by atoms with Crippen LogP contribution < -0.4 is 0 Å². The lowest BCUT2D eigenvalue weighted by Gasteiger charge is -2.33. The van der Waals surface area contributed by atoms with Gasteiger partial charge in [0.1, 0.15) is 0 Å². The van der Waals surface area contributed by atoms with Crippen molar-refractivity contribution in [3.63, 3.8) is 0 Å². The molecule has 0 amide bonds. The third-order valence-corrected chi connectivity index (χ3v) is 4.08. The smallest absolute Gasteiger partial charge is 0.0914 e. The highest BCUT2D eigenvalue weighted by molar-refractivity contribution is 5.36. The summed E-state index contributed by atoms with van der Waals surface area (Å²) in [5.41, 5.74) is 5.33. The number of allylic oxidation sites excluding steroid dienone is 9. The van der Waals surface area contributed by atoms with Gasteiger partial charge < -0.3 is 0 Å². The van der Waals surface area contributed by atoms with Crippen molar-refractivity contribution < 1.29 is 0 Å². The Morgan fingerprint density at radius 2 is 2.10 bits per heavy atom. The second-order valence-electron chi connectivity index (χ2n) is 6.55. The van der Waals surface area contributed by atoms with Gasteiger partial charge in [-0.1, -0.05) is 55.9 Å². The fourth-order valence-corrected chi connectivity index (χ4v) is 2.83. The maximum absolute atomic E-state index is 8.55. The summed E-state index contributed by atoms with van der Waals surface area (Å²) in [5, 5.41) is 8.55. The molecule has 0 fully saturated rings. The van der Waals surface area contributed by atoms with E-state index in [0.29, 0.717) is 0 Å². The van der Waals surface area contributed by atoms with Gasteiger partial charge in [0.15, 0.2) is 0 Å². The molecule has 0 unspecified atom stereocenters. The van der Waals surface area contributed by atoms with Crippen LogP contribution >= 0.6 is 0 Å². The molecule has 0 aromatic heterocycles. The molecule has 112 valence electrons. The molecule has 1 aliphatic carbocycles. The minimum atomic E-state index is 0.279. The number of nitriles is 1. The van der Waals surface area contributed by atoms with Gasteiger partial charge in [-0.3, -0.25) is 0 Å². The second-order valence-corrected chi connectivity index (χ2v) is 6.55. The molecule has 1 nitrogen and oxygen atoms in total. The number of nitrogens with zero attached hydrogens (tertiary/aromatic N) is 1. The Balaban J connectivity index is 2.67. The number of hydrogen-bond donors (Lipinski definition) is 0. The molecule has 0 saturated carbocycles. The predicted octanol–water partition coefficient (Wildman–Crippen LogP) is 6.04. The molecule has 21 heavy (non-hydrogen) atoms. The molecule has 0 heterocycles. The van der Waals surface area contributed by atoms with Crippen molar-refractivity contribution in [3.05, 3.63) is 59.3 Å². The van der Waals surface area contributed by atoms with E-state index in [-0.39, 0.29) is 5.41 Å². The van der Waals surface area contributed by atoms with Crippen molar-refractivity contribution in [2.24, 2.45) is 5.41 Å². The SMILES string of the molecule is C=C(/C=C/C1=C(C)CCCC1(C)C)C/C=C/C(C)=C\C#N. The standard InChI is InChI=1S/C20H27N/c1-16(8-6-9-17(2)13-15-21)11-12-19-18(3)10-7-14-20(19,4)5/h6,9,11-13H,1,7-8,10,14H2,2-5H3/b9-6+,12-11+,17-13-. The molecule has 1 heteroatoms. The molecule has 0 bridgehead atoms. The highest BCUT2D eigenvalue weighted by atomic mass is 14.3. The van der Waals surface area contributed by atoms with Crippen molar-refractivity contribution >= 4 is 0 Å². The fraction of sp³-hybridized carbons (Fsp3) is 0.450. The average Bonchev–Trinajstić information content (AvgIpc) is 2.37. The highest BCUT2D eigenvalue weighted by Crippen LogP contribution is 2.40. The average molecular weight is 281 g/mol. The number of rotatable bonds is 5. The van der Waals surface area contributed by atoms with Crippen LogP contribution in [0.25, 0.3) is 0 Å². The fourth-order valence-electron chi connectivity index (χ4n) is 2.83. The summed E-state index contributed by atoms with van der Waals surface area (Å²) in [6, 6.07) is 2.03. The van der Waals surface area contributed by atoms with Gasteiger partial charge in [-0.05, 0) is 56.1 Å². The van der Waals surface area contributed by atoms with E-state index in [9.17, 15) is 0 Å². The van der Waals surface area contributed by atoms with Crippen molar-refractivity contribution in [1.82, 2.24) is 0 Å². The molecule has 1 aliphatic rings. The predicted molar refractivity (Wildman–Crippen MR) is 91.7 cm³/mol. The summed E-state index contributed by atoms with van der Waals surface area (Å²) >= 11 is 0. The van der Waals surface area contributed by atoms with Crippen molar-refractivity contribution in [3.8, 4) is 6.07 Å². The van der Waals surface area contributed by atoms with E-state index in [2.05, 4.69) is 45.6 Å². The Kier molecular flexibility index (Phi) is 6.43. The molecular formula is C20H27N. The largest absolute Gasteiger partial charge is 0.193 e. The molecule has 0 N–H and O–H groups in total. The van der Waals surface area contributed by atoms with Gasteiger partial charge in [0, 0.05) is 6.08 Å². The Hall–Kier alpha value is -1.81. The first-order valence-corrected chi connectivity index (χ1v) is 7.66. The highest BCUT2D eigenvalue weighted by Gasteiger charge is 2.26. The maximum atomic E-state index is 8.55. The lowest BCUT2D eigenvalue weighted by molar-refractivity contribution is 0.377. The van der Waals surface area contributed by atoms with Gasteiger partial charge >= 0.3 is 0 Å². The van der Waals surface area contributed by atoms with Gasteiger partial charge in [0.05, 0.1) is 6.07 Å². The number of hydrogen-bond acceptors (Lipinski definition) is 1. The maximum Gasteiger partial charge on any atom is 0.0914 e. The first-order chi connectivity index (χ1) is 9.86. The molecule has 0 spiro atoms. The third-order valence-electron chi connectivity index (χ3n) is 4.08. The third kappa shape index (κ3) is 5.60. The second kappa shape index (κ2) is 7.84. The normalized spacial score (nSPS) is 19.3. The van der Waals surface area contributed by atoms with Crippen molar-refractivity contribution in [2.45, 2.75) is 53.4 Å². The van der Waals surface area contributed by atoms with E-state index < -0.39 is 0 Å². The van der Waals surface area contributed by atoms with Gasteiger partial charge in [-0.2, -0.15) is 5.26 Å². The van der Waals surface area contributed by atoms with Crippen LogP contribution in [0.5, 0.6) is 0 Å². The summed E-state index contributed by atoms with van der Waals surface area (Å²) in [6.07, 6.45) is 14.6. The van der Waals surface area contributed by atoms with Crippen molar-refractivity contribution in [1.29, 1.82) is 5.26 Å². The quantitative estimate of drug-likeness (QED) is 0.445. The van der Waals surface area contributed by atoms with Gasteiger partial charge in [0.2, 0.25) is 0 Å². The van der Waals surface area contributed by atoms with E-state index in [4.69, 9.17) is 5.26 Å². The molecule has 0 saturated heterocycles. The van der Waals surface area contributed by atoms with Crippen LogP contribution in [0.4, 0.5) is 0 Å². The summed E-state index contributed by atoms with van der Waals surface area (Å²) < 4.78 is 0. The van der Waals surface area contributed by atoms with Crippen LogP contribution in [0.15, 0.2) is 59.3 Å². The first kappa shape index (κ1) is 17.2. The minimum Gasteiger partial charge on any atom is -0.193 e. The van der Waals surface area contributed by atoms with Crippen LogP contribution in [0, 0.1) is 16.7 Å². The molecule has 0 radical (unpaired) electrons. The summed E-state index contributed by atoms with van der Waals surface area (Å²) in [6.45, 7) is 12.9. The zero-order chi connectivity index (χ0) is 15.9. The van der Waals surface area contributed by atoms with Crippen LogP contribution in [-0.4, -0.2) is 0 Å². The van der Waals surface area contributed by atoms with Crippen LogP contribution in [0.3, 0.4) is 0 Å². The van der Waals surface area contributed by atoms with Crippen LogP contribution in [0.2, 0.25) is 0 Å². The van der Waals surface area contributed by atoms with E-state index in [0.717, 1.165) is 17.6 Å². The topological polar surface area (TPSA) is 23.8 Å². The van der Waals surface area contributed by atoms with E-state index in [1.165, 1.54) is 30.4 Å². The van der Waals surface area contributed by atoms with E-state index >= 15 is 0 Å². The Morgan fingerprint density at radius 3 is 2.71 bits per heavy atom. The van der Waals surface area contributed by atoms with Crippen LogP contribution in [0.1, 0.15) is 53.4 Å². The molecule has 0 aromatic rings. The molecule has 0 atom stereocenters. The first-order valence-electron chi connectivity index (χ1n) is 7.66. The van der Waals surface area contributed by atoms with Crippen molar-refractivity contribution in [2.75, 3.05) is 0 Å². The van der Waals surface area contributed by atoms with Crippen LogP contribution in [-0.2, 0) is 0 Å². The minimum absolute atomic E-state index is 0.279. The summed E-state index contributed by atoms with van der Waals surface area (Å²) in [7, 11) is 0. The van der Waals surface area contributed by atoms with E-state index in [1.54, 1.807) is 6.08 Å². The van der Waals surface area contributed by atoms with E-state index in [1.807, 2.05) is 19.1 Å². The summed E-state index contributed by atoms with van der Waals surface area (Å²) in [5.74, 6) is 0. The Bertz CT molecular complexity index is 545. The summed E-state index contributed by atoms with van der Waals surface area (Å²) in [4.78, 5) is 0. The lowest BCUT2D eigenvalue weighted by atomic mass is 9.72. The van der Waals surface area contributed by atoms with Gasteiger partial charge in [-0.15, -0.1) is 0 Å². The zero-order valence-corrected chi connectivity index (χ0v) is 13.9. The Labute approximate surface area is 130 Å². The molecular weight excluding hydrogens is 254 g/mol. The lowest BCUT2D eigenvalue weighted by Crippen LogP contribution is -2.19. The molecule has 0 aromatic carbocycles. The van der Waals surface area contributed by atoms with Gasteiger partial charge in [0.25, 0.3) is 0 Å². The monoisotopic (exact) mass is 281 g/mol. The zero-order valence-electron chi connectivity index (χ0n) is 13.9. The molecule has 0 aliphatic heterocycles. The van der Waals surface area contributed by atoms with Gasteiger partial charge in [-0.25, -0.2) is 0 Å².